The minimum atomic E-state index is -0.292. The Kier molecular flexibility index (Phi) is 4.34. The van der Waals surface area contributed by atoms with Gasteiger partial charge < -0.3 is 15.2 Å². The van der Waals surface area contributed by atoms with Crippen LogP contribution in [0.15, 0.2) is 17.2 Å². The van der Waals surface area contributed by atoms with E-state index in [1.807, 2.05) is 27.7 Å². The van der Waals surface area contributed by atoms with Crippen molar-refractivity contribution in [2.75, 3.05) is 11.9 Å². The van der Waals surface area contributed by atoms with Crippen LogP contribution in [0.2, 0.25) is 0 Å². The van der Waals surface area contributed by atoms with Gasteiger partial charge in [-0.05, 0) is 27.7 Å². The molecule has 1 atom stereocenters. The first-order valence-corrected chi connectivity index (χ1v) is 6.28. The summed E-state index contributed by atoms with van der Waals surface area (Å²) in [4.78, 5) is 18.4. The molecule has 0 amide bonds. The second-order valence-electron chi connectivity index (χ2n) is 5.79. The fraction of sp³-hybridized carbons (Fsp3) is 0.615. The van der Waals surface area contributed by atoms with Crippen LogP contribution in [0.4, 0.5) is 5.82 Å². The lowest BCUT2D eigenvalue weighted by Crippen LogP contribution is -2.41. The van der Waals surface area contributed by atoms with E-state index in [9.17, 15) is 4.79 Å². The summed E-state index contributed by atoms with van der Waals surface area (Å²) in [5.41, 5.74) is 4.98. The molecular weight excluding hydrogens is 242 g/mol. The molecule has 0 aliphatic heterocycles. The zero-order chi connectivity index (χ0) is 14.8. The third-order valence-electron chi connectivity index (χ3n) is 3.06. The summed E-state index contributed by atoms with van der Waals surface area (Å²) in [5.74, 6) is 0.484. The molecule has 3 N–H and O–H groups in total. The molecule has 1 heterocycles. The molecular formula is C13H23N5O. The van der Waals surface area contributed by atoms with Gasteiger partial charge >= 0.3 is 0 Å². The standard InChI is InChI=1S/C13H23N5O/c1-9(8-10(14)15)17(5)11-12(19)18(7-6-16-11)13(2,3)4/h6-7,9H,8H2,1-5H3,(H3,14,15). The number of amidine groups is 1. The summed E-state index contributed by atoms with van der Waals surface area (Å²) in [6, 6.07) is -0.0477. The van der Waals surface area contributed by atoms with Crippen LogP contribution in [0.25, 0.3) is 0 Å². The number of nitrogens with zero attached hydrogens (tertiary/aromatic N) is 3. The van der Waals surface area contributed by atoms with Gasteiger partial charge in [-0.2, -0.15) is 0 Å². The molecule has 1 rings (SSSR count). The summed E-state index contributed by atoms with van der Waals surface area (Å²) < 4.78 is 1.66. The van der Waals surface area contributed by atoms with Crippen molar-refractivity contribution in [1.82, 2.24) is 9.55 Å². The van der Waals surface area contributed by atoms with E-state index in [0.29, 0.717) is 12.2 Å². The molecule has 0 saturated heterocycles. The van der Waals surface area contributed by atoms with E-state index >= 15 is 0 Å². The van der Waals surface area contributed by atoms with Gasteiger partial charge in [0.25, 0.3) is 5.56 Å². The van der Waals surface area contributed by atoms with Crippen LogP contribution in [0, 0.1) is 5.41 Å². The number of hydrogen-bond acceptors (Lipinski definition) is 4. The summed E-state index contributed by atoms with van der Waals surface area (Å²) in [6.45, 7) is 7.82. The van der Waals surface area contributed by atoms with Crippen molar-refractivity contribution < 1.29 is 0 Å². The molecule has 0 bridgehead atoms. The maximum Gasteiger partial charge on any atom is 0.293 e. The fourth-order valence-electron chi connectivity index (χ4n) is 1.84. The van der Waals surface area contributed by atoms with Gasteiger partial charge in [-0.25, -0.2) is 4.98 Å². The van der Waals surface area contributed by atoms with Crippen molar-refractivity contribution in [1.29, 1.82) is 5.41 Å². The molecule has 0 radical (unpaired) electrons. The Labute approximate surface area is 113 Å². The van der Waals surface area contributed by atoms with Crippen LogP contribution in [0.5, 0.6) is 0 Å². The largest absolute Gasteiger partial charge is 0.388 e. The Morgan fingerprint density at radius 3 is 2.63 bits per heavy atom. The van der Waals surface area contributed by atoms with E-state index < -0.39 is 0 Å². The zero-order valence-corrected chi connectivity index (χ0v) is 12.3. The summed E-state index contributed by atoms with van der Waals surface area (Å²) in [7, 11) is 1.80. The smallest absolute Gasteiger partial charge is 0.293 e. The van der Waals surface area contributed by atoms with Crippen LogP contribution in [-0.2, 0) is 5.54 Å². The van der Waals surface area contributed by atoms with Crippen molar-refractivity contribution >= 4 is 11.7 Å². The molecule has 1 aromatic heterocycles. The Balaban J connectivity index is 3.15. The molecule has 1 aromatic rings. The fourth-order valence-corrected chi connectivity index (χ4v) is 1.84. The van der Waals surface area contributed by atoms with E-state index in [2.05, 4.69) is 4.98 Å². The van der Waals surface area contributed by atoms with Gasteiger partial charge in [0.05, 0.1) is 5.84 Å². The zero-order valence-electron chi connectivity index (χ0n) is 12.3. The Morgan fingerprint density at radius 1 is 1.58 bits per heavy atom. The summed E-state index contributed by atoms with van der Waals surface area (Å²) in [5, 5.41) is 7.32. The van der Waals surface area contributed by atoms with Gasteiger partial charge in [-0.3, -0.25) is 10.2 Å². The molecule has 1 unspecified atom stereocenters. The molecule has 6 heteroatoms. The molecule has 0 aliphatic rings. The number of rotatable bonds is 4. The molecule has 19 heavy (non-hydrogen) atoms. The second-order valence-corrected chi connectivity index (χ2v) is 5.79. The molecule has 6 nitrogen and oxygen atoms in total. The Bertz CT molecular complexity index is 515. The highest BCUT2D eigenvalue weighted by Gasteiger charge is 2.20. The van der Waals surface area contributed by atoms with Gasteiger partial charge in [0.15, 0.2) is 5.82 Å². The van der Waals surface area contributed by atoms with Crippen LogP contribution < -0.4 is 16.2 Å². The van der Waals surface area contributed by atoms with E-state index in [1.54, 1.807) is 28.9 Å². The normalized spacial score (nSPS) is 13.1. The van der Waals surface area contributed by atoms with Crippen LogP contribution >= 0.6 is 0 Å². The number of nitrogens with two attached hydrogens (primary N) is 1. The van der Waals surface area contributed by atoms with Crippen LogP contribution in [0.3, 0.4) is 0 Å². The van der Waals surface area contributed by atoms with Crippen molar-refractivity contribution in [3.8, 4) is 0 Å². The number of anilines is 1. The Hall–Kier alpha value is -1.85. The summed E-state index contributed by atoms with van der Waals surface area (Å²) >= 11 is 0. The molecule has 0 aromatic carbocycles. The van der Waals surface area contributed by atoms with E-state index in [4.69, 9.17) is 11.1 Å². The van der Waals surface area contributed by atoms with Crippen molar-refractivity contribution in [3.05, 3.63) is 22.7 Å². The second kappa shape index (κ2) is 5.42. The molecule has 106 valence electrons. The first-order valence-electron chi connectivity index (χ1n) is 6.28. The average Bonchev–Trinajstić information content (AvgIpc) is 2.25. The molecule has 0 fully saturated rings. The maximum absolute atomic E-state index is 12.4. The van der Waals surface area contributed by atoms with Crippen LogP contribution in [0.1, 0.15) is 34.1 Å². The molecule has 0 saturated carbocycles. The van der Waals surface area contributed by atoms with Gasteiger partial charge in [0.2, 0.25) is 0 Å². The van der Waals surface area contributed by atoms with E-state index in [-0.39, 0.29) is 23.0 Å². The Morgan fingerprint density at radius 2 is 2.16 bits per heavy atom. The quantitative estimate of drug-likeness (QED) is 0.631. The minimum Gasteiger partial charge on any atom is -0.388 e. The first-order chi connectivity index (χ1) is 8.64. The maximum atomic E-state index is 12.4. The number of nitrogens with one attached hydrogen (secondary N) is 1. The highest BCUT2D eigenvalue weighted by Crippen LogP contribution is 2.13. The lowest BCUT2D eigenvalue weighted by Gasteiger charge is -2.28. The average molecular weight is 265 g/mol. The minimum absolute atomic E-state index is 0.0477. The van der Waals surface area contributed by atoms with Crippen LogP contribution in [-0.4, -0.2) is 28.5 Å². The molecule has 0 spiro atoms. The molecule has 0 aliphatic carbocycles. The van der Waals surface area contributed by atoms with Gasteiger partial charge in [0.1, 0.15) is 0 Å². The predicted octanol–water partition coefficient (Wildman–Crippen LogP) is 1.15. The van der Waals surface area contributed by atoms with Crippen molar-refractivity contribution in [3.63, 3.8) is 0 Å². The monoisotopic (exact) mass is 265 g/mol. The van der Waals surface area contributed by atoms with E-state index in [0.717, 1.165) is 0 Å². The number of aromatic nitrogens is 2. The number of hydrogen-bond donors (Lipinski definition) is 2. The topological polar surface area (TPSA) is 88.0 Å². The van der Waals surface area contributed by atoms with Crippen molar-refractivity contribution in [2.24, 2.45) is 5.73 Å². The third-order valence-corrected chi connectivity index (χ3v) is 3.06. The SMILES string of the molecule is CC(CC(=N)N)N(C)c1nccn(C(C)(C)C)c1=O. The van der Waals surface area contributed by atoms with Gasteiger partial charge in [-0.15, -0.1) is 0 Å². The predicted molar refractivity (Wildman–Crippen MR) is 77.9 cm³/mol. The van der Waals surface area contributed by atoms with Crippen molar-refractivity contribution in [2.45, 2.75) is 45.7 Å². The lowest BCUT2D eigenvalue weighted by molar-refractivity contribution is 0.382. The van der Waals surface area contributed by atoms with Gasteiger partial charge in [-0.1, -0.05) is 0 Å². The van der Waals surface area contributed by atoms with E-state index in [1.165, 1.54) is 0 Å². The highest BCUT2D eigenvalue weighted by atomic mass is 16.1. The summed E-state index contributed by atoms with van der Waals surface area (Å²) in [6.07, 6.45) is 3.72. The third kappa shape index (κ3) is 3.56. The van der Waals surface area contributed by atoms with Gasteiger partial charge in [0, 0.05) is 37.4 Å². The lowest BCUT2D eigenvalue weighted by atomic mass is 10.1. The first kappa shape index (κ1) is 15.2. The highest BCUT2D eigenvalue weighted by molar-refractivity contribution is 5.77.